The van der Waals surface area contributed by atoms with E-state index in [4.69, 9.17) is 4.74 Å². The van der Waals surface area contributed by atoms with Crippen LogP contribution in [0.5, 0.6) is 0 Å². The Balaban J connectivity index is 2.72. The zero-order chi connectivity index (χ0) is 6.41. The average molecular weight is 131 g/mol. The fraction of sp³-hybridized carbons (Fsp3) is 1.00. The molecule has 0 N–H and O–H groups in total. The topological polar surface area (TPSA) is 12.5 Å². The van der Waals surface area contributed by atoms with Gasteiger partial charge in [0.2, 0.25) is 0 Å². The molecule has 0 heterocycles. The molecule has 0 fully saturated rings. The molecule has 0 unspecified atom stereocenters. The quantitative estimate of drug-likeness (QED) is 0.377. The van der Waals surface area contributed by atoms with Crippen molar-refractivity contribution < 1.29 is 4.74 Å². The molecule has 8 heavy (non-hydrogen) atoms. The van der Waals surface area contributed by atoms with Crippen LogP contribution in [-0.2, 0) is 4.74 Å². The monoisotopic (exact) mass is 131 g/mol. The minimum absolute atomic E-state index is 0.895. The number of nitrogens with zero attached hydrogens (tertiary/aromatic N) is 1. The minimum Gasteiger partial charge on any atom is -0.393 e. The van der Waals surface area contributed by atoms with Crippen LogP contribution >= 0.6 is 0 Å². The normalized spacial score (nSPS) is 10.4. The molecule has 0 aromatic heterocycles. The van der Waals surface area contributed by atoms with E-state index in [9.17, 15) is 0 Å². The van der Waals surface area contributed by atoms with Crippen LogP contribution in [0.2, 0.25) is 0 Å². The Hall–Kier alpha value is 0.452. The zero-order valence-corrected chi connectivity index (χ0v) is 7.98. The van der Waals surface area contributed by atoms with E-state index < -0.39 is 0 Å². The highest BCUT2D eigenvalue weighted by Crippen LogP contribution is 1.81. The molecule has 0 radical (unpaired) electrons. The minimum atomic E-state index is 0.895. The van der Waals surface area contributed by atoms with E-state index in [0.29, 0.717) is 0 Å². The van der Waals surface area contributed by atoms with Gasteiger partial charge in [0.25, 0.3) is 0 Å². The summed E-state index contributed by atoms with van der Waals surface area (Å²) in [6.07, 6.45) is 1.16. The number of methoxy groups -OCH3 is 1. The zero-order valence-electron chi connectivity index (χ0n) is 5.98. The molecule has 3 heteroatoms. The summed E-state index contributed by atoms with van der Waals surface area (Å²) in [4.78, 5) is 0. The predicted molar refractivity (Wildman–Crippen MR) is 37.7 cm³/mol. The maximum atomic E-state index is 4.88. The second-order valence-electron chi connectivity index (χ2n) is 2.15. The lowest BCUT2D eigenvalue weighted by Gasteiger charge is -2.08. The summed E-state index contributed by atoms with van der Waals surface area (Å²) >= 11 is 1.16. The van der Waals surface area contributed by atoms with Crippen molar-refractivity contribution in [2.45, 2.75) is 6.42 Å². The standard InChI is InChI=1S/C5H12NO.Al.2H/c1-6-4-3-5-7-2;;;/h3-5H2,1-2H3;;;/q-1;+1;;. The summed E-state index contributed by atoms with van der Waals surface area (Å²) in [5.74, 6) is 0. The van der Waals surface area contributed by atoms with Gasteiger partial charge in [0, 0.05) is 13.7 Å². The molecule has 0 aromatic carbocycles. The Morgan fingerprint density at radius 3 is 2.62 bits per heavy atom. The predicted octanol–water partition coefficient (Wildman–Crippen LogP) is -0.497. The second-order valence-corrected chi connectivity index (χ2v) is 3.68. The number of hydrogen-bond donors (Lipinski definition) is 0. The molecular formula is C5H14AlNO. The SMILES string of the molecule is COCCC[N](C)[AlH2]. The summed E-state index contributed by atoms with van der Waals surface area (Å²) < 4.78 is 7.17. The molecule has 0 aliphatic heterocycles. The highest BCUT2D eigenvalue weighted by molar-refractivity contribution is 6.04. The average Bonchev–Trinajstić information content (AvgIpc) is 1.66. The van der Waals surface area contributed by atoms with Crippen molar-refractivity contribution in [3.05, 3.63) is 0 Å². The van der Waals surface area contributed by atoms with Crippen molar-refractivity contribution in [1.29, 1.82) is 0 Å². The van der Waals surface area contributed by atoms with Crippen molar-refractivity contribution in [2.75, 3.05) is 27.3 Å². The van der Waals surface area contributed by atoms with Gasteiger partial charge in [-0.2, -0.15) is 0 Å². The summed E-state index contributed by atoms with van der Waals surface area (Å²) in [7, 11) is 3.87. The fourth-order valence-electron chi connectivity index (χ4n) is 0.525. The second kappa shape index (κ2) is 5.59. The van der Waals surface area contributed by atoms with Gasteiger partial charge in [0.05, 0.1) is 0 Å². The molecule has 0 rings (SSSR count). The fourth-order valence-corrected chi connectivity index (χ4v) is 0.841. The molecule has 0 aromatic rings. The van der Waals surface area contributed by atoms with Gasteiger partial charge < -0.3 is 8.62 Å². The molecule has 0 aliphatic rings. The van der Waals surface area contributed by atoms with Gasteiger partial charge in [-0.15, -0.1) is 0 Å². The molecule has 0 atom stereocenters. The van der Waals surface area contributed by atoms with Gasteiger partial charge >= 0.3 is 16.5 Å². The molecule has 0 saturated carbocycles. The van der Waals surface area contributed by atoms with Crippen molar-refractivity contribution in [3.63, 3.8) is 0 Å². The van der Waals surface area contributed by atoms with Crippen LogP contribution in [0.1, 0.15) is 6.42 Å². The van der Waals surface area contributed by atoms with Gasteiger partial charge in [-0.3, -0.25) is 0 Å². The van der Waals surface area contributed by atoms with Crippen LogP contribution in [0.3, 0.4) is 0 Å². The third-order valence-corrected chi connectivity index (χ3v) is 1.40. The van der Waals surface area contributed by atoms with Crippen LogP contribution in [0.25, 0.3) is 0 Å². The van der Waals surface area contributed by atoms with E-state index in [1.54, 1.807) is 7.11 Å². The Morgan fingerprint density at radius 2 is 2.25 bits per heavy atom. The Kier molecular flexibility index (Phi) is 5.90. The van der Waals surface area contributed by atoms with E-state index in [1.165, 1.54) is 6.54 Å². The van der Waals surface area contributed by atoms with Gasteiger partial charge in [-0.25, -0.2) is 0 Å². The largest absolute Gasteiger partial charge is 0.393 e. The van der Waals surface area contributed by atoms with Crippen LogP contribution in [0.4, 0.5) is 0 Å². The Bertz CT molecular complexity index is 49.7. The van der Waals surface area contributed by atoms with E-state index in [1.807, 2.05) is 0 Å². The van der Waals surface area contributed by atoms with Crippen LogP contribution in [0.15, 0.2) is 0 Å². The molecule has 0 aliphatic carbocycles. The first-order valence-corrected chi connectivity index (χ1v) is 3.80. The van der Waals surface area contributed by atoms with Gasteiger partial charge in [0.15, 0.2) is 0 Å². The molecule has 0 saturated heterocycles. The third kappa shape index (κ3) is 6.45. The lowest BCUT2D eigenvalue weighted by Crippen LogP contribution is -2.16. The van der Waals surface area contributed by atoms with Crippen molar-refractivity contribution >= 4 is 16.5 Å². The summed E-state index contributed by atoms with van der Waals surface area (Å²) in [5, 5.41) is 0. The van der Waals surface area contributed by atoms with E-state index in [2.05, 4.69) is 10.9 Å². The highest BCUT2D eigenvalue weighted by Gasteiger charge is 1.86. The smallest absolute Gasteiger partial charge is 0.321 e. The summed E-state index contributed by atoms with van der Waals surface area (Å²) in [6.45, 7) is 2.08. The molecule has 0 bridgehead atoms. The molecule has 0 amide bonds. The Labute approximate surface area is 59.5 Å². The maximum Gasteiger partial charge on any atom is 0.321 e. The first kappa shape index (κ1) is 8.45. The van der Waals surface area contributed by atoms with Gasteiger partial charge in [-0.05, 0) is 20.0 Å². The maximum absolute atomic E-state index is 4.88. The van der Waals surface area contributed by atoms with Crippen molar-refractivity contribution in [2.24, 2.45) is 0 Å². The Morgan fingerprint density at radius 1 is 1.62 bits per heavy atom. The van der Waals surface area contributed by atoms with Gasteiger partial charge in [-0.1, -0.05) is 0 Å². The van der Waals surface area contributed by atoms with E-state index >= 15 is 0 Å². The van der Waals surface area contributed by atoms with E-state index in [0.717, 1.165) is 29.5 Å². The third-order valence-electron chi connectivity index (χ3n) is 0.954. The van der Waals surface area contributed by atoms with Crippen molar-refractivity contribution in [1.82, 2.24) is 3.88 Å². The first-order chi connectivity index (χ1) is 3.77. The first-order valence-electron chi connectivity index (χ1n) is 2.91. The number of hydrogen-bond acceptors (Lipinski definition) is 2. The molecular weight excluding hydrogens is 117 g/mol. The summed E-state index contributed by atoms with van der Waals surface area (Å²) in [6, 6.07) is 0. The van der Waals surface area contributed by atoms with Crippen LogP contribution in [0, 0.1) is 0 Å². The van der Waals surface area contributed by atoms with Crippen LogP contribution in [-0.4, -0.2) is 47.7 Å². The van der Waals surface area contributed by atoms with Crippen LogP contribution < -0.4 is 0 Å². The van der Waals surface area contributed by atoms with Gasteiger partial charge in [0.1, 0.15) is 0 Å². The lowest BCUT2D eigenvalue weighted by molar-refractivity contribution is 0.190. The molecule has 2 nitrogen and oxygen atoms in total. The summed E-state index contributed by atoms with van der Waals surface area (Å²) in [5.41, 5.74) is 0. The number of rotatable bonds is 4. The molecule has 48 valence electrons. The van der Waals surface area contributed by atoms with E-state index in [-0.39, 0.29) is 0 Å². The molecule has 0 spiro atoms. The highest BCUT2D eigenvalue weighted by atomic mass is 27.1. The lowest BCUT2D eigenvalue weighted by atomic mass is 10.5. The van der Waals surface area contributed by atoms with Crippen molar-refractivity contribution in [3.8, 4) is 0 Å². The number of ether oxygens (including phenoxy) is 1.